The third-order valence-electron chi connectivity index (χ3n) is 3.91. The molecule has 1 aromatic carbocycles. The Labute approximate surface area is 150 Å². The molecule has 0 aliphatic carbocycles. The Hall–Kier alpha value is -1.82. The number of pyridine rings is 1. The van der Waals surface area contributed by atoms with Crippen molar-refractivity contribution < 1.29 is 4.79 Å². The van der Waals surface area contributed by atoms with Gasteiger partial charge in [0.05, 0.1) is 15.6 Å². The first kappa shape index (κ1) is 17.0. The second-order valence-electron chi connectivity index (χ2n) is 5.65. The zero-order valence-electron chi connectivity index (χ0n) is 13.0. The number of carbonyl (C=O) groups is 1. The molecule has 0 unspecified atom stereocenters. The average molecular weight is 365 g/mol. The summed E-state index contributed by atoms with van der Waals surface area (Å²) in [4.78, 5) is 16.9. The van der Waals surface area contributed by atoms with Gasteiger partial charge in [-0.2, -0.15) is 0 Å². The van der Waals surface area contributed by atoms with Crippen LogP contribution in [0, 0.1) is 0 Å². The number of carbonyl (C=O) groups excluding carboxylic acids is 1. The number of benzene rings is 1. The van der Waals surface area contributed by atoms with Crippen LogP contribution < -0.4 is 16.0 Å². The third-order valence-corrected chi connectivity index (χ3v) is 4.65. The Morgan fingerprint density at radius 2 is 1.96 bits per heavy atom. The van der Waals surface area contributed by atoms with E-state index in [1.807, 2.05) is 0 Å². The Balaban J connectivity index is 1.76. The number of halogens is 2. The van der Waals surface area contributed by atoms with Gasteiger partial charge in [0, 0.05) is 17.9 Å². The van der Waals surface area contributed by atoms with Crippen LogP contribution in [0.3, 0.4) is 0 Å². The van der Waals surface area contributed by atoms with E-state index in [1.165, 1.54) is 0 Å². The Morgan fingerprint density at radius 1 is 1.17 bits per heavy atom. The molecular weight excluding hydrogens is 347 g/mol. The quantitative estimate of drug-likeness (QED) is 0.775. The van der Waals surface area contributed by atoms with Gasteiger partial charge in [-0.25, -0.2) is 4.98 Å². The average Bonchev–Trinajstić information content (AvgIpc) is 2.59. The molecule has 3 N–H and O–H groups in total. The Bertz CT molecular complexity index is 732. The molecule has 3 rings (SSSR count). The molecule has 0 saturated carbocycles. The summed E-state index contributed by atoms with van der Waals surface area (Å²) in [5, 5.41) is 10.4. The number of piperidine rings is 1. The molecule has 24 heavy (non-hydrogen) atoms. The lowest BCUT2D eigenvalue weighted by Gasteiger charge is -2.24. The number of anilines is 2. The molecular formula is C17H18Cl2N4O. The van der Waals surface area contributed by atoms with Gasteiger partial charge in [-0.15, -0.1) is 0 Å². The van der Waals surface area contributed by atoms with Crippen LogP contribution in [0.5, 0.6) is 0 Å². The summed E-state index contributed by atoms with van der Waals surface area (Å²) in [6, 6.07) is 8.88. The van der Waals surface area contributed by atoms with E-state index in [1.54, 1.807) is 36.5 Å². The zero-order chi connectivity index (χ0) is 16.9. The van der Waals surface area contributed by atoms with Crippen molar-refractivity contribution in [2.45, 2.75) is 18.9 Å². The van der Waals surface area contributed by atoms with E-state index in [2.05, 4.69) is 20.9 Å². The highest BCUT2D eigenvalue weighted by Crippen LogP contribution is 2.27. The topological polar surface area (TPSA) is 66.0 Å². The molecule has 1 aliphatic rings. The lowest BCUT2D eigenvalue weighted by atomic mass is 10.1. The summed E-state index contributed by atoms with van der Waals surface area (Å²) in [6.45, 7) is 1.85. The Kier molecular flexibility index (Phi) is 5.56. The molecule has 2 heterocycles. The zero-order valence-corrected chi connectivity index (χ0v) is 14.5. The molecule has 0 atom stereocenters. The molecule has 0 spiro atoms. The van der Waals surface area contributed by atoms with Gasteiger partial charge in [0.15, 0.2) is 0 Å². The SMILES string of the molecule is O=C(NC1CCNCC1)c1cccnc1Nc1ccc(Cl)c(Cl)c1. The minimum Gasteiger partial charge on any atom is -0.349 e. The maximum atomic E-state index is 12.6. The molecule has 5 nitrogen and oxygen atoms in total. The molecule has 1 fully saturated rings. The van der Waals surface area contributed by atoms with Crippen LogP contribution >= 0.6 is 23.2 Å². The van der Waals surface area contributed by atoms with Crippen molar-refractivity contribution in [1.29, 1.82) is 0 Å². The van der Waals surface area contributed by atoms with Crippen molar-refractivity contribution in [2.75, 3.05) is 18.4 Å². The number of hydrogen-bond donors (Lipinski definition) is 3. The highest BCUT2D eigenvalue weighted by molar-refractivity contribution is 6.42. The minimum absolute atomic E-state index is 0.127. The minimum atomic E-state index is -0.127. The van der Waals surface area contributed by atoms with Crippen LogP contribution in [0.4, 0.5) is 11.5 Å². The standard InChI is InChI=1S/C17H18Cl2N4O/c18-14-4-3-12(10-15(14)19)22-16-13(2-1-7-21-16)17(24)23-11-5-8-20-9-6-11/h1-4,7,10-11,20H,5-6,8-9H2,(H,21,22)(H,23,24). The lowest BCUT2D eigenvalue weighted by molar-refractivity contribution is 0.0930. The van der Waals surface area contributed by atoms with Crippen LogP contribution in [0.1, 0.15) is 23.2 Å². The molecule has 0 bridgehead atoms. The van der Waals surface area contributed by atoms with Crippen molar-refractivity contribution in [3.63, 3.8) is 0 Å². The van der Waals surface area contributed by atoms with Crippen LogP contribution in [0.15, 0.2) is 36.5 Å². The number of aromatic nitrogens is 1. The van der Waals surface area contributed by atoms with Crippen molar-refractivity contribution in [1.82, 2.24) is 15.6 Å². The highest BCUT2D eigenvalue weighted by atomic mass is 35.5. The van der Waals surface area contributed by atoms with E-state index in [0.29, 0.717) is 21.4 Å². The van der Waals surface area contributed by atoms with Crippen LogP contribution in [0.25, 0.3) is 0 Å². The predicted octanol–water partition coefficient (Wildman–Crippen LogP) is 3.61. The van der Waals surface area contributed by atoms with Gasteiger partial charge in [0.2, 0.25) is 0 Å². The van der Waals surface area contributed by atoms with Gasteiger partial charge in [0.1, 0.15) is 5.82 Å². The number of nitrogens with zero attached hydrogens (tertiary/aromatic N) is 1. The first-order valence-corrected chi connectivity index (χ1v) is 8.58. The first-order chi connectivity index (χ1) is 11.6. The van der Waals surface area contributed by atoms with E-state index in [-0.39, 0.29) is 11.9 Å². The lowest BCUT2D eigenvalue weighted by Crippen LogP contribution is -2.42. The van der Waals surface area contributed by atoms with Gasteiger partial charge in [-0.05, 0) is 56.3 Å². The van der Waals surface area contributed by atoms with Gasteiger partial charge in [0.25, 0.3) is 5.91 Å². The molecule has 7 heteroatoms. The summed E-state index contributed by atoms with van der Waals surface area (Å²) in [5.41, 5.74) is 1.22. The van der Waals surface area contributed by atoms with Crippen molar-refractivity contribution in [3.05, 3.63) is 52.1 Å². The predicted molar refractivity (Wildman–Crippen MR) is 97.3 cm³/mol. The van der Waals surface area contributed by atoms with E-state index in [0.717, 1.165) is 31.6 Å². The van der Waals surface area contributed by atoms with E-state index < -0.39 is 0 Å². The van der Waals surface area contributed by atoms with Crippen LogP contribution in [-0.2, 0) is 0 Å². The smallest absolute Gasteiger partial charge is 0.255 e. The summed E-state index contributed by atoms with van der Waals surface area (Å²) in [6.07, 6.45) is 3.50. The molecule has 126 valence electrons. The van der Waals surface area contributed by atoms with E-state index in [4.69, 9.17) is 23.2 Å². The normalized spacial score (nSPS) is 15.1. The summed E-state index contributed by atoms with van der Waals surface area (Å²) in [5.74, 6) is 0.361. The fourth-order valence-corrected chi connectivity index (χ4v) is 2.93. The summed E-state index contributed by atoms with van der Waals surface area (Å²) in [7, 11) is 0. The third kappa shape index (κ3) is 4.17. The maximum absolute atomic E-state index is 12.6. The monoisotopic (exact) mass is 364 g/mol. The maximum Gasteiger partial charge on any atom is 0.255 e. The number of rotatable bonds is 4. The van der Waals surface area contributed by atoms with E-state index in [9.17, 15) is 4.79 Å². The largest absolute Gasteiger partial charge is 0.349 e. The van der Waals surface area contributed by atoms with Crippen LogP contribution in [-0.4, -0.2) is 30.0 Å². The second-order valence-corrected chi connectivity index (χ2v) is 6.47. The molecule has 0 radical (unpaired) electrons. The summed E-state index contributed by atoms with van der Waals surface area (Å²) >= 11 is 12.0. The number of amides is 1. The number of hydrogen-bond acceptors (Lipinski definition) is 4. The van der Waals surface area contributed by atoms with Crippen molar-refractivity contribution >= 4 is 40.6 Å². The van der Waals surface area contributed by atoms with Gasteiger partial charge in [-0.1, -0.05) is 23.2 Å². The summed E-state index contributed by atoms with van der Waals surface area (Å²) < 4.78 is 0. The van der Waals surface area contributed by atoms with Gasteiger partial charge >= 0.3 is 0 Å². The van der Waals surface area contributed by atoms with Gasteiger partial charge in [-0.3, -0.25) is 4.79 Å². The fourth-order valence-electron chi connectivity index (χ4n) is 2.63. The molecule has 2 aromatic rings. The molecule has 1 aromatic heterocycles. The van der Waals surface area contributed by atoms with E-state index >= 15 is 0 Å². The van der Waals surface area contributed by atoms with Crippen LogP contribution in [0.2, 0.25) is 10.0 Å². The number of nitrogens with one attached hydrogen (secondary N) is 3. The fraction of sp³-hybridized carbons (Fsp3) is 0.294. The Morgan fingerprint density at radius 3 is 2.71 bits per heavy atom. The molecule has 1 aliphatic heterocycles. The van der Waals surface area contributed by atoms with Crippen molar-refractivity contribution in [2.24, 2.45) is 0 Å². The van der Waals surface area contributed by atoms with Crippen molar-refractivity contribution in [3.8, 4) is 0 Å². The first-order valence-electron chi connectivity index (χ1n) is 7.82. The molecule has 1 saturated heterocycles. The van der Waals surface area contributed by atoms with Gasteiger partial charge < -0.3 is 16.0 Å². The highest BCUT2D eigenvalue weighted by Gasteiger charge is 2.19. The second kappa shape index (κ2) is 7.83. The molecule has 1 amide bonds.